The number of nitriles is 1. The summed E-state index contributed by atoms with van der Waals surface area (Å²) < 4.78 is 7.27. The first kappa shape index (κ1) is 23.0. The number of hydrogen-bond donors (Lipinski definition) is 4. The summed E-state index contributed by atoms with van der Waals surface area (Å²) in [5.74, 6) is -0.0548. The molecule has 2 aromatic carbocycles. The molecule has 1 fully saturated rings. The fraction of sp³-hybridized carbons (Fsp3) is 0.250. The molecule has 1 unspecified atom stereocenters. The molecule has 182 valence electrons. The van der Waals surface area contributed by atoms with Crippen molar-refractivity contribution in [2.75, 3.05) is 23.8 Å². The zero-order chi connectivity index (χ0) is 25.1. The van der Waals surface area contributed by atoms with Gasteiger partial charge in [-0.2, -0.15) is 5.26 Å². The van der Waals surface area contributed by atoms with Crippen LogP contribution in [0.4, 0.5) is 16.2 Å². The minimum atomic E-state index is -0.374. The van der Waals surface area contributed by atoms with E-state index in [9.17, 15) is 14.9 Å². The minimum absolute atomic E-state index is 0.0386. The summed E-state index contributed by atoms with van der Waals surface area (Å²) in [5, 5.41) is 32.4. The molecule has 12 heteroatoms. The molecule has 0 bridgehead atoms. The third kappa shape index (κ3) is 4.59. The van der Waals surface area contributed by atoms with Crippen molar-refractivity contribution in [1.29, 1.82) is 5.26 Å². The van der Waals surface area contributed by atoms with Crippen LogP contribution in [-0.4, -0.2) is 56.4 Å². The number of urea groups is 1. The molecule has 0 radical (unpaired) electrons. The van der Waals surface area contributed by atoms with Gasteiger partial charge in [0.05, 0.1) is 34.6 Å². The van der Waals surface area contributed by atoms with E-state index in [-0.39, 0.29) is 18.0 Å². The lowest BCUT2D eigenvalue weighted by Gasteiger charge is -2.13. The summed E-state index contributed by atoms with van der Waals surface area (Å²) in [4.78, 5) is 25.8. The van der Waals surface area contributed by atoms with Gasteiger partial charge in [-0.1, -0.05) is 12.1 Å². The molecule has 1 saturated heterocycles. The molecule has 0 aliphatic carbocycles. The first-order chi connectivity index (χ1) is 17.5. The Morgan fingerprint density at radius 1 is 1.22 bits per heavy atom. The zero-order valence-corrected chi connectivity index (χ0v) is 19.4. The van der Waals surface area contributed by atoms with Gasteiger partial charge in [0, 0.05) is 31.1 Å². The molecule has 1 atom stereocenters. The highest BCUT2D eigenvalue weighted by Crippen LogP contribution is 2.29. The number of anilines is 2. The van der Waals surface area contributed by atoms with E-state index in [0.717, 1.165) is 24.8 Å². The molecule has 3 amide bonds. The maximum Gasteiger partial charge on any atom is 0.319 e. The molecule has 5 rings (SSSR count). The number of fused-ring (bicyclic) bond motifs is 1. The lowest BCUT2D eigenvalue weighted by atomic mass is 10.1. The first-order valence-corrected chi connectivity index (χ1v) is 11.4. The number of aromatic nitrogens is 5. The van der Waals surface area contributed by atoms with Crippen molar-refractivity contribution in [1.82, 2.24) is 30.5 Å². The number of aromatic amines is 1. The highest BCUT2D eigenvalue weighted by atomic mass is 16.5. The number of tetrazole rings is 1. The summed E-state index contributed by atoms with van der Waals surface area (Å²) in [5.41, 5.74) is 2.98. The molecule has 0 spiro atoms. The highest BCUT2D eigenvalue weighted by Gasteiger charge is 2.20. The van der Waals surface area contributed by atoms with Crippen LogP contribution in [0.3, 0.4) is 0 Å². The fourth-order valence-corrected chi connectivity index (χ4v) is 4.29. The van der Waals surface area contributed by atoms with Gasteiger partial charge in [0.2, 0.25) is 0 Å². The van der Waals surface area contributed by atoms with Crippen molar-refractivity contribution in [3.05, 3.63) is 53.7 Å². The Balaban J connectivity index is 1.38. The van der Waals surface area contributed by atoms with Crippen molar-refractivity contribution in [2.45, 2.75) is 18.9 Å². The first-order valence-electron chi connectivity index (χ1n) is 11.4. The second-order valence-corrected chi connectivity index (χ2v) is 8.38. The average Bonchev–Trinajstić information content (AvgIpc) is 3.65. The van der Waals surface area contributed by atoms with Gasteiger partial charge in [-0.15, -0.1) is 5.10 Å². The Bertz CT molecular complexity index is 1460. The molecule has 1 aliphatic rings. The monoisotopic (exact) mass is 485 g/mol. The number of H-pyrrole nitrogens is 1. The van der Waals surface area contributed by atoms with Gasteiger partial charge in [-0.3, -0.25) is 4.79 Å². The van der Waals surface area contributed by atoms with Crippen LogP contribution in [0.15, 0.2) is 42.5 Å². The average molecular weight is 486 g/mol. The SMILES string of the molecule is Cn1c(C(=O)Nc2ccc(C#N)cc2-c2nnn[nH]2)cc2cccc(NC(=O)NCC3CCCO3)c21. The van der Waals surface area contributed by atoms with Gasteiger partial charge in [0.15, 0.2) is 5.82 Å². The van der Waals surface area contributed by atoms with Crippen molar-refractivity contribution in [2.24, 2.45) is 7.05 Å². The molecule has 12 nitrogen and oxygen atoms in total. The molecule has 4 aromatic rings. The zero-order valence-electron chi connectivity index (χ0n) is 19.4. The number of nitrogens with one attached hydrogen (secondary N) is 4. The second kappa shape index (κ2) is 9.85. The van der Waals surface area contributed by atoms with Gasteiger partial charge >= 0.3 is 6.03 Å². The number of ether oxygens (including phenoxy) is 1. The Hall–Kier alpha value is -4.76. The molecule has 4 N–H and O–H groups in total. The number of para-hydroxylation sites is 1. The van der Waals surface area contributed by atoms with Crippen molar-refractivity contribution in [3.8, 4) is 17.5 Å². The Kier molecular flexibility index (Phi) is 6.29. The van der Waals surface area contributed by atoms with E-state index >= 15 is 0 Å². The largest absolute Gasteiger partial charge is 0.376 e. The van der Waals surface area contributed by atoms with Gasteiger partial charge < -0.3 is 25.3 Å². The molecule has 3 heterocycles. The van der Waals surface area contributed by atoms with Crippen LogP contribution < -0.4 is 16.0 Å². The smallest absolute Gasteiger partial charge is 0.319 e. The van der Waals surface area contributed by atoms with Crippen LogP contribution >= 0.6 is 0 Å². The van der Waals surface area contributed by atoms with Gasteiger partial charge in [-0.05, 0) is 53.6 Å². The number of amides is 3. The standard InChI is InChI=1S/C24H23N9O3/c1-33-20(23(34)27-18-8-7-14(12-25)10-17(18)22-29-31-32-30-22)11-15-4-2-6-19(21(15)33)28-24(35)26-13-16-5-3-9-36-16/h2,4,6-8,10-11,16H,3,5,9,13H2,1H3,(H,27,34)(H2,26,28,35)(H,29,30,31,32). The molecular formula is C24H23N9O3. The number of carbonyl (C=O) groups is 2. The quantitative estimate of drug-likeness (QED) is 0.326. The van der Waals surface area contributed by atoms with E-state index in [0.29, 0.717) is 46.1 Å². The van der Waals surface area contributed by atoms with E-state index < -0.39 is 0 Å². The Morgan fingerprint density at radius 3 is 2.86 bits per heavy atom. The number of rotatable bonds is 6. The van der Waals surface area contributed by atoms with E-state index in [1.54, 1.807) is 41.9 Å². The number of nitrogens with zero attached hydrogens (tertiary/aromatic N) is 5. The number of hydrogen-bond acceptors (Lipinski definition) is 7. The van der Waals surface area contributed by atoms with Crippen molar-refractivity contribution < 1.29 is 14.3 Å². The number of aryl methyl sites for hydroxylation is 1. The normalized spacial score (nSPS) is 14.9. The van der Waals surface area contributed by atoms with E-state index in [2.05, 4.69) is 42.6 Å². The molecule has 0 saturated carbocycles. The molecule has 2 aromatic heterocycles. The predicted molar refractivity (Wildman–Crippen MR) is 131 cm³/mol. The third-order valence-corrected chi connectivity index (χ3v) is 6.05. The summed E-state index contributed by atoms with van der Waals surface area (Å²) in [6.45, 7) is 1.16. The maximum atomic E-state index is 13.3. The van der Waals surface area contributed by atoms with Crippen LogP contribution in [0.1, 0.15) is 28.9 Å². The highest BCUT2D eigenvalue weighted by molar-refractivity contribution is 6.10. The number of benzene rings is 2. The molecule has 36 heavy (non-hydrogen) atoms. The van der Waals surface area contributed by atoms with Gasteiger partial charge in [0.1, 0.15) is 5.69 Å². The van der Waals surface area contributed by atoms with Crippen LogP contribution in [0.5, 0.6) is 0 Å². The molecule has 1 aliphatic heterocycles. The second-order valence-electron chi connectivity index (χ2n) is 8.38. The Morgan fingerprint density at radius 2 is 2.11 bits per heavy atom. The molecular weight excluding hydrogens is 462 g/mol. The lowest BCUT2D eigenvalue weighted by molar-refractivity contribution is 0.101. The van der Waals surface area contributed by atoms with Crippen molar-refractivity contribution >= 4 is 34.2 Å². The van der Waals surface area contributed by atoms with Gasteiger partial charge in [-0.25, -0.2) is 9.89 Å². The summed E-state index contributed by atoms with van der Waals surface area (Å²) in [6, 6.07) is 13.8. The van der Waals surface area contributed by atoms with E-state index in [1.807, 2.05) is 12.1 Å². The topological polar surface area (TPSA) is 163 Å². The van der Waals surface area contributed by atoms with E-state index in [1.165, 1.54) is 0 Å². The Labute approximate surface area is 205 Å². The van der Waals surface area contributed by atoms with Crippen LogP contribution in [0, 0.1) is 11.3 Å². The summed E-state index contributed by atoms with van der Waals surface area (Å²) in [6.07, 6.45) is 1.97. The minimum Gasteiger partial charge on any atom is -0.376 e. The lowest BCUT2D eigenvalue weighted by Crippen LogP contribution is -2.35. The number of carbonyl (C=O) groups excluding carboxylic acids is 2. The van der Waals surface area contributed by atoms with Crippen LogP contribution in [-0.2, 0) is 11.8 Å². The van der Waals surface area contributed by atoms with Crippen molar-refractivity contribution in [3.63, 3.8) is 0 Å². The van der Waals surface area contributed by atoms with Crippen LogP contribution in [0.2, 0.25) is 0 Å². The maximum absolute atomic E-state index is 13.3. The van der Waals surface area contributed by atoms with Crippen LogP contribution in [0.25, 0.3) is 22.3 Å². The van der Waals surface area contributed by atoms with E-state index in [4.69, 9.17) is 4.74 Å². The summed E-state index contributed by atoms with van der Waals surface area (Å²) in [7, 11) is 1.76. The third-order valence-electron chi connectivity index (χ3n) is 6.05. The predicted octanol–water partition coefficient (Wildman–Crippen LogP) is 2.78. The summed E-state index contributed by atoms with van der Waals surface area (Å²) >= 11 is 0. The fourth-order valence-electron chi connectivity index (χ4n) is 4.29. The van der Waals surface area contributed by atoms with Gasteiger partial charge in [0.25, 0.3) is 5.91 Å².